The molecule has 24 heavy (non-hydrogen) atoms. The van der Waals surface area contributed by atoms with Gasteiger partial charge < -0.3 is 10.6 Å². The molecule has 2 N–H and O–H groups in total. The van der Waals surface area contributed by atoms with Crippen LogP contribution in [0.25, 0.3) is 11.3 Å². The van der Waals surface area contributed by atoms with Crippen LogP contribution in [0.15, 0.2) is 18.5 Å². The van der Waals surface area contributed by atoms with Gasteiger partial charge in [0.05, 0.1) is 11.9 Å². The smallest absolute Gasteiger partial charge is 0.341 e. The van der Waals surface area contributed by atoms with Gasteiger partial charge >= 0.3 is 6.18 Å². The van der Waals surface area contributed by atoms with Crippen LogP contribution in [0.4, 0.5) is 19.1 Å². The average molecular weight is 340 g/mol. The molecule has 1 fully saturated rings. The lowest BCUT2D eigenvalue weighted by atomic mass is 10.1. The number of alkyl halides is 3. The monoisotopic (exact) mass is 340 g/mol. The number of hydrogen-bond acceptors (Lipinski definition) is 5. The van der Waals surface area contributed by atoms with Crippen LogP contribution >= 0.6 is 0 Å². The van der Waals surface area contributed by atoms with E-state index in [-0.39, 0.29) is 17.7 Å². The third kappa shape index (κ3) is 3.50. The lowest BCUT2D eigenvalue weighted by molar-refractivity contribution is -0.141. The molecule has 130 valence electrons. The molecule has 2 aromatic rings. The van der Waals surface area contributed by atoms with Gasteiger partial charge in [-0.25, -0.2) is 9.97 Å². The van der Waals surface area contributed by atoms with Gasteiger partial charge in [-0.15, -0.1) is 0 Å². The van der Waals surface area contributed by atoms with E-state index < -0.39 is 11.9 Å². The topological polar surface area (TPSA) is 72.9 Å². The van der Waals surface area contributed by atoms with Gasteiger partial charge in [0.15, 0.2) is 5.69 Å². The highest BCUT2D eigenvalue weighted by Crippen LogP contribution is 2.32. The summed E-state index contributed by atoms with van der Waals surface area (Å²) in [7, 11) is 0. The number of piperidine rings is 1. The Labute approximate surface area is 137 Å². The van der Waals surface area contributed by atoms with Crippen LogP contribution < -0.4 is 10.6 Å². The predicted octanol–water partition coefficient (Wildman–Crippen LogP) is 2.31. The van der Waals surface area contributed by atoms with Gasteiger partial charge in [0, 0.05) is 37.4 Å². The molecule has 0 saturated carbocycles. The van der Waals surface area contributed by atoms with Crippen molar-refractivity contribution in [1.29, 1.82) is 0 Å². The first-order valence-electron chi connectivity index (χ1n) is 7.86. The normalized spacial score (nSPS) is 16.6. The van der Waals surface area contributed by atoms with Crippen LogP contribution in [0.3, 0.4) is 0 Å². The second kappa shape index (κ2) is 6.39. The summed E-state index contributed by atoms with van der Waals surface area (Å²) in [5.41, 5.74) is 5.68. The molecule has 0 atom stereocenters. The van der Waals surface area contributed by atoms with Crippen LogP contribution in [-0.4, -0.2) is 38.9 Å². The molecular weight excluding hydrogens is 321 g/mol. The Hall–Kier alpha value is -2.16. The fraction of sp³-hybridized carbons (Fsp3) is 0.533. The van der Waals surface area contributed by atoms with Gasteiger partial charge in [0.2, 0.25) is 5.95 Å². The van der Waals surface area contributed by atoms with Crippen molar-refractivity contribution < 1.29 is 13.2 Å². The molecular formula is C15H19F3N6. The quantitative estimate of drug-likeness (QED) is 0.928. The number of nitrogens with two attached hydrogens (primary N) is 1. The molecule has 0 aromatic carbocycles. The molecule has 1 saturated heterocycles. The summed E-state index contributed by atoms with van der Waals surface area (Å²) in [4.78, 5) is 9.82. The van der Waals surface area contributed by atoms with E-state index in [0.717, 1.165) is 6.07 Å². The third-order valence-corrected chi connectivity index (χ3v) is 4.08. The molecule has 2 aromatic heterocycles. The Morgan fingerprint density at radius 2 is 1.96 bits per heavy atom. The zero-order chi connectivity index (χ0) is 17.3. The SMILES string of the molecule is CCn1cc(-c2cc(C(F)(F)F)nc(N3CCC(N)CC3)n2)cn1. The lowest BCUT2D eigenvalue weighted by Gasteiger charge is -2.30. The highest BCUT2D eigenvalue weighted by atomic mass is 19.4. The van der Waals surface area contributed by atoms with Crippen LogP contribution in [0.1, 0.15) is 25.5 Å². The summed E-state index contributed by atoms with van der Waals surface area (Å²) in [5, 5.41) is 4.10. The van der Waals surface area contributed by atoms with Gasteiger partial charge in [-0.05, 0) is 25.8 Å². The van der Waals surface area contributed by atoms with E-state index in [4.69, 9.17) is 5.73 Å². The number of rotatable bonds is 3. The van der Waals surface area contributed by atoms with Crippen molar-refractivity contribution in [3.05, 3.63) is 24.2 Å². The summed E-state index contributed by atoms with van der Waals surface area (Å²) >= 11 is 0. The summed E-state index contributed by atoms with van der Waals surface area (Å²) in [6.07, 6.45) is 0.0884. The molecule has 3 heterocycles. The number of nitrogens with zero attached hydrogens (tertiary/aromatic N) is 5. The van der Waals surface area contributed by atoms with E-state index in [9.17, 15) is 13.2 Å². The predicted molar refractivity (Wildman–Crippen MR) is 83.4 cm³/mol. The highest BCUT2D eigenvalue weighted by molar-refractivity contribution is 5.59. The molecule has 0 spiro atoms. The first-order valence-corrected chi connectivity index (χ1v) is 7.86. The molecule has 0 aliphatic carbocycles. The zero-order valence-corrected chi connectivity index (χ0v) is 13.3. The first-order chi connectivity index (χ1) is 11.4. The Balaban J connectivity index is 2.00. The second-order valence-electron chi connectivity index (χ2n) is 5.85. The van der Waals surface area contributed by atoms with E-state index in [0.29, 0.717) is 38.0 Å². The fourth-order valence-corrected chi connectivity index (χ4v) is 2.64. The average Bonchev–Trinajstić information content (AvgIpc) is 3.03. The summed E-state index contributed by atoms with van der Waals surface area (Å²) in [5.74, 6) is 0.0935. The van der Waals surface area contributed by atoms with Crippen molar-refractivity contribution in [2.24, 2.45) is 5.73 Å². The van der Waals surface area contributed by atoms with Gasteiger partial charge in [0.25, 0.3) is 0 Å². The highest BCUT2D eigenvalue weighted by Gasteiger charge is 2.34. The molecule has 3 rings (SSSR count). The molecule has 0 bridgehead atoms. The second-order valence-corrected chi connectivity index (χ2v) is 5.85. The third-order valence-electron chi connectivity index (χ3n) is 4.08. The van der Waals surface area contributed by atoms with E-state index >= 15 is 0 Å². The molecule has 1 aliphatic heterocycles. The van der Waals surface area contributed by atoms with E-state index in [1.54, 1.807) is 15.8 Å². The molecule has 6 nitrogen and oxygen atoms in total. The number of hydrogen-bond donors (Lipinski definition) is 1. The van der Waals surface area contributed by atoms with E-state index in [1.807, 2.05) is 6.92 Å². The first kappa shape index (κ1) is 16.7. The number of aryl methyl sites for hydroxylation is 1. The summed E-state index contributed by atoms with van der Waals surface area (Å²) < 4.78 is 41.3. The van der Waals surface area contributed by atoms with Crippen LogP contribution in [0.5, 0.6) is 0 Å². The molecule has 0 unspecified atom stereocenters. The Bertz CT molecular complexity index is 703. The standard InChI is InChI=1S/C15H19F3N6/c1-2-24-9-10(8-20-24)12-7-13(15(16,17)18)22-14(21-12)23-5-3-11(19)4-6-23/h7-9,11H,2-6,19H2,1H3. The summed E-state index contributed by atoms with van der Waals surface area (Å²) in [6, 6.07) is 1.05. The Morgan fingerprint density at radius 3 is 2.54 bits per heavy atom. The van der Waals surface area contributed by atoms with Crippen LogP contribution in [0, 0.1) is 0 Å². The van der Waals surface area contributed by atoms with Crippen molar-refractivity contribution in [2.75, 3.05) is 18.0 Å². The maximum absolute atomic E-state index is 13.2. The van der Waals surface area contributed by atoms with Crippen molar-refractivity contribution in [1.82, 2.24) is 19.7 Å². The van der Waals surface area contributed by atoms with Crippen molar-refractivity contribution >= 4 is 5.95 Å². The lowest BCUT2D eigenvalue weighted by Crippen LogP contribution is -2.40. The minimum absolute atomic E-state index is 0.0781. The Morgan fingerprint density at radius 1 is 1.25 bits per heavy atom. The molecule has 1 aliphatic rings. The maximum atomic E-state index is 13.2. The number of halogens is 3. The van der Waals surface area contributed by atoms with Gasteiger partial charge in [-0.2, -0.15) is 18.3 Å². The molecule has 0 amide bonds. The molecule has 9 heteroatoms. The minimum atomic E-state index is -4.53. The van der Waals surface area contributed by atoms with E-state index in [1.165, 1.54) is 6.20 Å². The molecule has 0 radical (unpaired) electrons. The minimum Gasteiger partial charge on any atom is -0.341 e. The fourth-order valence-electron chi connectivity index (χ4n) is 2.64. The maximum Gasteiger partial charge on any atom is 0.433 e. The number of anilines is 1. The van der Waals surface area contributed by atoms with Gasteiger partial charge in [-0.1, -0.05) is 0 Å². The van der Waals surface area contributed by atoms with Gasteiger partial charge in [0.1, 0.15) is 0 Å². The van der Waals surface area contributed by atoms with Crippen LogP contribution in [0.2, 0.25) is 0 Å². The van der Waals surface area contributed by atoms with Crippen molar-refractivity contribution in [2.45, 2.75) is 38.5 Å². The zero-order valence-electron chi connectivity index (χ0n) is 13.3. The largest absolute Gasteiger partial charge is 0.433 e. The van der Waals surface area contributed by atoms with Gasteiger partial charge in [-0.3, -0.25) is 4.68 Å². The van der Waals surface area contributed by atoms with Crippen LogP contribution in [-0.2, 0) is 12.7 Å². The van der Waals surface area contributed by atoms with Crippen molar-refractivity contribution in [3.8, 4) is 11.3 Å². The van der Waals surface area contributed by atoms with Crippen molar-refractivity contribution in [3.63, 3.8) is 0 Å². The number of aromatic nitrogens is 4. The Kier molecular flexibility index (Phi) is 4.44. The van der Waals surface area contributed by atoms with E-state index in [2.05, 4.69) is 15.1 Å². The summed E-state index contributed by atoms with van der Waals surface area (Å²) in [6.45, 7) is 3.64.